The van der Waals surface area contributed by atoms with Crippen molar-refractivity contribution in [3.8, 4) is 11.4 Å². The highest BCUT2D eigenvalue weighted by Gasteiger charge is 2.07. The molecule has 0 saturated carbocycles. The van der Waals surface area contributed by atoms with Gasteiger partial charge in [0.2, 0.25) is 5.82 Å². The van der Waals surface area contributed by atoms with E-state index in [4.69, 9.17) is 15.0 Å². The van der Waals surface area contributed by atoms with Crippen molar-refractivity contribution < 1.29 is 9.26 Å². The van der Waals surface area contributed by atoms with E-state index in [9.17, 15) is 0 Å². The maximum absolute atomic E-state index is 5.30. The summed E-state index contributed by atoms with van der Waals surface area (Å²) in [5.74, 6) is 1.04. The summed E-state index contributed by atoms with van der Waals surface area (Å²) in [4.78, 5) is 4.21. The van der Waals surface area contributed by atoms with Crippen LogP contribution in [0.1, 0.15) is 5.89 Å². The lowest BCUT2D eigenvalue weighted by Gasteiger charge is -1.95. The molecule has 5 heteroatoms. The molecule has 1 aromatic heterocycles. The Hall–Kier alpha value is -1.72. The van der Waals surface area contributed by atoms with Gasteiger partial charge in [-0.15, -0.1) is 0 Å². The van der Waals surface area contributed by atoms with Gasteiger partial charge in [-0.3, -0.25) is 0 Å². The van der Waals surface area contributed by atoms with Gasteiger partial charge in [-0.2, -0.15) is 4.98 Å². The van der Waals surface area contributed by atoms with Gasteiger partial charge in [-0.25, -0.2) is 0 Å². The lowest BCUT2D eigenvalue weighted by Crippen LogP contribution is -2.08. The van der Waals surface area contributed by atoms with Gasteiger partial charge in [0, 0.05) is 12.1 Å². The summed E-state index contributed by atoms with van der Waals surface area (Å²) >= 11 is 0. The molecule has 0 saturated heterocycles. The van der Waals surface area contributed by atoms with E-state index >= 15 is 0 Å². The minimum Gasteiger partial charge on any atom is -0.370 e. The van der Waals surface area contributed by atoms with Crippen molar-refractivity contribution >= 4 is 0 Å². The van der Waals surface area contributed by atoms with E-state index < -0.39 is 0 Å². The molecule has 84 valence electrons. The number of nitrogens with two attached hydrogens (primary N) is 1. The Balaban J connectivity index is 2.02. The zero-order valence-electron chi connectivity index (χ0n) is 8.80. The molecule has 16 heavy (non-hydrogen) atoms. The van der Waals surface area contributed by atoms with Crippen LogP contribution in [0.2, 0.25) is 0 Å². The van der Waals surface area contributed by atoms with E-state index in [1.165, 1.54) is 0 Å². The Morgan fingerprint density at radius 2 is 2.06 bits per heavy atom. The molecule has 0 amide bonds. The van der Waals surface area contributed by atoms with Gasteiger partial charge in [-0.1, -0.05) is 35.5 Å². The minimum atomic E-state index is 0.303. The number of hydrogen-bond donors (Lipinski definition) is 1. The number of aromatic nitrogens is 2. The lowest BCUT2D eigenvalue weighted by atomic mass is 10.2. The standard InChI is InChI=1S/C11H13N3O2/c12-6-7-15-8-10-13-11(14-16-10)9-4-2-1-3-5-9/h1-5H,6-8,12H2. The highest BCUT2D eigenvalue weighted by molar-refractivity contribution is 5.53. The van der Waals surface area contributed by atoms with Crippen LogP contribution in [-0.2, 0) is 11.3 Å². The van der Waals surface area contributed by atoms with Crippen molar-refractivity contribution in [2.24, 2.45) is 5.73 Å². The first-order valence-electron chi connectivity index (χ1n) is 5.06. The summed E-state index contributed by atoms with van der Waals surface area (Å²) in [5.41, 5.74) is 6.22. The van der Waals surface area contributed by atoms with Gasteiger partial charge in [0.25, 0.3) is 5.89 Å². The Morgan fingerprint density at radius 3 is 2.81 bits per heavy atom. The van der Waals surface area contributed by atoms with Crippen LogP contribution in [0.3, 0.4) is 0 Å². The van der Waals surface area contributed by atoms with E-state index in [1.807, 2.05) is 30.3 Å². The third kappa shape index (κ3) is 2.65. The molecule has 0 aliphatic rings. The lowest BCUT2D eigenvalue weighted by molar-refractivity contribution is 0.104. The maximum Gasteiger partial charge on any atom is 0.252 e. The maximum atomic E-state index is 5.30. The number of nitrogens with zero attached hydrogens (tertiary/aromatic N) is 2. The highest BCUT2D eigenvalue weighted by Crippen LogP contribution is 2.14. The fourth-order valence-corrected chi connectivity index (χ4v) is 1.26. The second-order valence-electron chi connectivity index (χ2n) is 3.22. The average molecular weight is 219 g/mol. The zero-order valence-corrected chi connectivity index (χ0v) is 8.80. The Labute approximate surface area is 93.2 Å². The van der Waals surface area contributed by atoms with Gasteiger partial charge >= 0.3 is 0 Å². The van der Waals surface area contributed by atoms with Crippen LogP contribution in [0.25, 0.3) is 11.4 Å². The molecule has 1 heterocycles. The van der Waals surface area contributed by atoms with E-state index in [2.05, 4.69) is 10.1 Å². The van der Waals surface area contributed by atoms with E-state index in [0.717, 1.165) is 5.56 Å². The van der Waals surface area contributed by atoms with E-state index in [1.54, 1.807) is 0 Å². The monoisotopic (exact) mass is 219 g/mol. The summed E-state index contributed by atoms with van der Waals surface area (Å²) in [6.45, 7) is 1.28. The SMILES string of the molecule is NCCOCc1nc(-c2ccccc2)no1. The first-order valence-corrected chi connectivity index (χ1v) is 5.06. The third-order valence-electron chi connectivity index (χ3n) is 1.99. The summed E-state index contributed by atoms with van der Waals surface area (Å²) in [5, 5.41) is 3.87. The predicted octanol–water partition coefficient (Wildman–Crippen LogP) is 1.21. The molecule has 0 aliphatic carbocycles. The molecule has 0 unspecified atom stereocenters. The molecule has 2 aromatic rings. The summed E-state index contributed by atoms with van der Waals surface area (Å²) in [6.07, 6.45) is 0. The molecule has 0 radical (unpaired) electrons. The third-order valence-corrected chi connectivity index (χ3v) is 1.99. The molecule has 0 aliphatic heterocycles. The molecule has 2 N–H and O–H groups in total. The van der Waals surface area contributed by atoms with Crippen molar-refractivity contribution in [1.82, 2.24) is 10.1 Å². The van der Waals surface area contributed by atoms with E-state index in [-0.39, 0.29) is 0 Å². The average Bonchev–Trinajstić information content (AvgIpc) is 2.79. The van der Waals surface area contributed by atoms with Gasteiger partial charge < -0.3 is 15.0 Å². The number of ether oxygens (including phenoxy) is 1. The predicted molar refractivity (Wildman–Crippen MR) is 58.4 cm³/mol. The number of hydrogen-bond acceptors (Lipinski definition) is 5. The van der Waals surface area contributed by atoms with Crippen LogP contribution in [0, 0.1) is 0 Å². The van der Waals surface area contributed by atoms with Crippen LogP contribution in [0.4, 0.5) is 0 Å². The van der Waals surface area contributed by atoms with Crippen LogP contribution in [0.15, 0.2) is 34.9 Å². The first kappa shape index (κ1) is 10.8. The van der Waals surface area contributed by atoms with Gasteiger partial charge in [0.15, 0.2) is 0 Å². The van der Waals surface area contributed by atoms with Crippen LogP contribution < -0.4 is 5.73 Å². The fraction of sp³-hybridized carbons (Fsp3) is 0.273. The zero-order chi connectivity index (χ0) is 11.2. The van der Waals surface area contributed by atoms with Gasteiger partial charge in [0.05, 0.1) is 6.61 Å². The van der Waals surface area contributed by atoms with Gasteiger partial charge in [0.1, 0.15) is 6.61 Å². The van der Waals surface area contributed by atoms with E-state index in [0.29, 0.717) is 31.5 Å². The van der Waals surface area contributed by atoms with Crippen molar-refractivity contribution in [3.63, 3.8) is 0 Å². The molecule has 0 fully saturated rings. The fourth-order valence-electron chi connectivity index (χ4n) is 1.26. The second kappa shape index (κ2) is 5.39. The smallest absolute Gasteiger partial charge is 0.252 e. The Bertz CT molecular complexity index is 428. The minimum absolute atomic E-state index is 0.303. The molecule has 0 atom stereocenters. The quantitative estimate of drug-likeness (QED) is 0.765. The molecule has 2 rings (SSSR count). The largest absolute Gasteiger partial charge is 0.370 e. The molecule has 0 spiro atoms. The molecular formula is C11H13N3O2. The van der Waals surface area contributed by atoms with Crippen molar-refractivity contribution in [2.45, 2.75) is 6.61 Å². The Morgan fingerprint density at radius 1 is 1.25 bits per heavy atom. The summed E-state index contributed by atoms with van der Waals surface area (Å²) in [6, 6.07) is 9.65. The molecule has 0 bridgehead atoms. The normalized spacial score (nSPS) is 10.6. The molecule has 5 nitrogen and oxygen atoms in total. The summed E-state index contributed by atoms with van der Waals surface area (Å²) in [7, 11) is 0. The number of rotatable bonds is 5. The topological polar surface area (TPSA) is 74.2 Å². The van der Waals surface area contributed by atoms with Gasteiger partial charge in [-0.05, 0) is 0 Å². The van der Waals surface area contributed by atoms with Crippen LogP contribution in [-0.4, -0.2) is 23.3 Å². The van der Waals surface area contributed by atoms with Crippen molar-refractivity contribution in [3.05, 3.63) is 36.2 Å². The number of benzene rings is 1. The highest BCUT2D eigenvalue weighted by atomic mass is 16.5. The van der Waals surface area contributed by atoms with Crippen LogP contribution >= 0.6 is 0 Å². The first-order chi connectivity index (χ1) is 7.90. The molecule has 1 aromatic carbocycles. The van der Waals surface area contributed by atoms with Crippen molar-refractivity contribution in [1.29, 1.82) is 0 Å². The second-order valence-corrected chi connectivity index (χ2v) is 3.22. The molecular weight excluding hydrogens is 206 g/mol. The Kier molecular flexibility index (Phi) is 3.63. The van der Waals surface area contributed by atoms with Crippen LogP contribution in [0.5, 0.6) is 0 Å². The van der Waals surface area contributed by atoms with Crippen molar-refractivity contribution in [2.75, 3.05) is 13.2 Å². The summed E-state index contributed by atoms with van der Waals surface area (Å²) < 4.78 is 10.2.